The molecule has 7 nitrogen and oxygen atoms in total. The van der Waals surface area contributed by atoms with Crippen molar-refractivity contribution in [1.29, 1.82) is 0 Å². The summed E-state index contributed by atoms with van der Waals surface area (Å²) in [6.45, 7) is 0.737. The number of halogens is 1. The first-order valence-corrected chi connectivity index (χ1v) is 11.9. The van der Waals surface area contributed by atoms with E-state index in [-0.39, 0.29) is 30.3 Å². The van der Waals surface area contributed by atoms with Crippen molar-refractivity contribution in [3.63, 3.8) is 0 Å². The van der Waals surface area contributed by atoms with Crippen molar-refractivity contribution in [2.75, 3.05) is 33.9 Å². The molecule has 0 unspecified atom stereocenters. The quantitative estimate of drug-likeness (QED) is 0.533. The second-order valence-electron chi connectivity index (χ2n) is 8.67. The lowest BCUT2D eigenvalue weighted by Crippen LogP contribution is -2.46. The highest BCUT2D eigenvalue weighted by molar-refractivity contribution is 6.30. The summed E-state index contributed by atoms with van der Waals surface area (Å²) >= 11 is 6.09. The molecule has 1 aliphatic heterocycles. The maximum atomic E-state index is 13.5. The van der Waals surface area contributed by atoms with E-state index in [4.69, 9.17) is 26.2 Å². The van der Waals surface area contributed by atoms with Crippen LogP contribution in [-0.2, 0) is 14.3 Å². The smallest absolute Gasteiger partial charge is 0.262 e. The van der Waals surface area contributed by atoms with Crippen LogP contribution in [0.4, 0.5) is 0 Å². The number of rotatable bonds is 9. The zero-order valence-electron chi connectivity index (χ0n) is 19.6. The molecule has 1 atom stereocenters. The average Bonchev–Trinajstić information content (AvgIpc) is 3.26. The lowest BCUT2D eigenvalue weighted by molar-refractivity contribution is -0.146. The molecule has 2 aromatic rings. The predicted molar refractivity (Wildman–Crippen MR) is 131 cm³/mol. The third-order valence-electron chi connectivity index (χ3n) is 6.50. The van der Waals surface area contributed by atoms with Crippen molar-refractivity contribution in [3.05, 3.63) is 64.7 Å². The van der Waals surface area contributed by atoms with Gasteiger partial charge in [0, 0.05) is 31.0 Å². The Bertz CT molecular complexity index is 1040. The fourth-order valence-corrected chi connectivity index (χ4v) is 4.39. The zero-order chi connectivity index (χ0) is 24.1. The molecule has 2 aliphatic rings. The minimum atomic E-state index is -0.273. The molecule has 2 amide bonds. The predicted octanol–water partition coefficient (Wildman–Crippen LogP) is 4.30. The van der Waals surface area contributed by atoms with Gasteiger partial charge in [0.15, 0.2) is 0 Å². The molecule has 8 heteroatoms. The molecular formula is C26H30ClN3O4. The van der Waals surface area contributed by atoms with E-state index in [1.807, 2.05) is 48.5 Å². The van der Waals surface area contributed by atoms with E-state index in [9.17, 15) is 9.59 Å². The van der Waals surface area contributed by atoms with Crippen LogP contribution in [-0.4, -0.2) is 61.4 Å². The van der Waals surface area contributed by atoms with E-state index in [0.29, 0.717) is 24.6 Å². The first-order chi connectivity index (χ1) is 16.5. The fraction of sp³-hybridized carbons (Fsp3) is 0.423. The van der Waals surface area contributed by atoms with Crippen LogP contribution in [0.15, 0.2) is 53.6 Å². The first-order valence-electron chi connectivity index (χ1n) is 11.6. The van der Waals surface area contributed by atoms with E-state index >= 15 is 0 Å². The Morgan fingerprint density at radius 2 is 1.79 bits per heavy atom. The number of ether oxygens (including phenoxy) is 2. The van der Waals surface area contributed by atoms with Crippen molar-refractivity contribution in [2.24, 2.45) is 11.0 Å². The van der Waals surface area contributed by atoms with Crippen molar-refractivity contribution in [2.45, 2.75) is 31.7 Å². The van der Waals surface area contributed by atoms with Crippen LogP contribution in [0.1, 0.15) is 42.9 Å². The zero-order valence-corrected chi connectivity index (χ0v) is 20.3. The van der Waals surface area contributed by atoms with Gasteiger partial charge >= 0.3 is 0 Å². The van der Waals surface area contributed by atoms with Gasteiger partial charge in [-0.05, 0) is 60.4 Å². The van der Waals surface area contributed by atoms with Crippen LogP contribution in [0.25, 0.3) is 0 Å². The summed E-state index contributed by atoms with van der Waals surface area (Å²) in [5.41, 5.74) is 2.68. The SMILES string of the molecule is COCCN(CC(=O)N1N=C(c2ccc(OC)cc2)C[C@@H]1c1ccc(Cl)cc1)C(=O)C1CCC1. The van der Waals surface area contributed by atoms with Crippen LogP contribution >= 0.6 is 11.6 Å². The molecule has 2 aromatic carbocycles. The Balaban J connectivity index is 1.59. The second-order valence-corrected chi connectivity index (χ2v) is 9.10. The van der Waals surface area contributed by atoms with Crippen molar-refractivity contribution >= 4 is 29.1 Å². The number of hydrogen-bond donors (Lipinski definition) is 0. The average molecular weight is 484 g/mol. The maximum Gasteiger partial charge on any atom is 0.262 e. The summed E-state index contributed by atoms with van der Waals surface area (Å²) in [7, 11) is 3.22. The third kappa shape index (κ3) is 5.42. The molecule has 4 rings (SSSR count). The Morgan fingerprint density at radius 3 is 2.38 bits per heavy atom. The van der Waals surface area contributed by atoms with Gasteiger partial charge in [0.05, 0.1) is 25.5 Å². The largest absolute Gasteiger partial charge is 0.497 e. The Morgan fingerprint density at radius 1 is 1.09 bits per heavy atom. The van der Waals surface area contributed by atoms with E-state index < -0.39 is 0 Å². The number of benzene rings is 2. The molecule has 0 spiro atoms. The number of hydrogen-bond acceptors (Lipinski definition) is 5. The van der Waals surface area contributed by atoms with Gasteiger partial charge in [0.1, 0.15) is 12.3 Å². The molecule has 0 radical (unpaired) electrons. The first kappa shape index (κ1) is 24.2. The molecule has 0 bridgehead atoms. The van der Waals surface area contributed by atoms with E-state index in [0.717, 1.165) is 41.9 Å². The lowest BCUT2D eigenvalue weighted by atomic mass is 9.84. The second kappa shape index (κ2) is 11.0. The maximum absolute atomic E-state index is 13.5. The highest BCUT2D eigenvalue weighted by Gasteiger charge is 2.36. The Hall–Kier alpha value is -2.90. The molecule has 0 aromatic heterocycles. The van der Waals surface area contributed by atoms with Gasteiger partial charge in [-0.1, -0.05) is 30.2 Å². The van der Waals surface area contributed by atoms with Gasteiger partial charge in [-0.25, -0.2) is 5.01 Å². The summed E-state index contributed by atoms with van der Waals surface area (Å²) in [4.78, 5) is 28.1. The molecular weight excluding hydrogens is 454 g/mol. The molecule has 0 saturated heterocycles. The summed E-state index contributed by atoms with van der Waals surface area (Å²) < 4.78 is 10.4. The standard InChI is InChI=1S/C26H30ClN3O4/c1-33-15-14-29(26(32)20-4-3-5-20)17-25(31)30-24(19-6-10-21(27)11-7-19)16-23(28-30)18-8-12-22(34-2)13-9-18/h6-13,20,24H,3-5,14-17H2,1-2H3/t24-/m1/s1. The minimum Gasteiger partial charge on any atom is -0.497 e. The number of amides is 2. The molecule has 34 heavy (non-hydrogen) atoms. The number of methoxy groups -OCH3 is 2. The molecule has 1 saturated carbocycles. The number of carbonyl (C=O) groups is 2. The lowest BCUT2D eigenvalue weighted by Gasteiger charge is -2.32. The van der Waals surface area contributed by atoms with Gasteiger partial charge in [0.2, 0.25) is 5.91 Å². The molecule has 0 N–H and O–H groups in total. The molecule has 1 aliphatic carbocycles. The van der Waals surface area contributed by atoms with Gasteiger partial charge in [-0.15, -0.1) is 0 Å². The molecule has 1 heterocycles. The number of hydrazone groups is 1. The molecule has 1 fully saturated rings. The van der Waals surface area contributed by atoms with Crippen LogP contribution in [0.3, 0.4) is 0 Å². The number of nitrogens with zero attached hydrogens (tertiary/aromatic N) is 3. The normalized spacial score (nSPS) is 17.8. The van der Waals surface area contributed by atoms with Crippen molar-refractivity contribution < 1.29 is 19.1 Å². The van der Waals surface area contributed by atoms with Gasteiger partial charge in [-0.3, -0.25) is 9.59 Å². The highest BCUT2D eigenvalue weighted by Crippen LogP contribution is 2.34. The van der Waals surface area contributed by atoms with Crippen LogP contribution in [0, 0.1) is 5.92 Å². The molecule has 180 valence electrons. The van der Waals surface area contributed by atoms with Crippen LogP contribution < -0.4 is 4.74 Å². The van der Waals surface area contributed by atoms with Crippen molar-refractivity contribution in [3.8, 4) is 5.75 Å². The summed E-state index contributed by atoms with van der Waals surface area (Å²) in [5.74, 6) is 0.576. The van der Waals surface area contributed by atoms with E-state index in [1.165, 1.54) is 5.01 Å². The minimum absolute atomic E-state index is 0.00802. The van der Waals surface area contributed by atoms with Gasteiger partial charge < -0.3 is 14.4 Å². The van der Waals surface area contributed by atoms with Crippen LogP contribution in [0.5, 0.6) is 5.75 Å². The topological polar surface area (TPSA) is 71.4 Å². The monoisotopic (exact) mass is 483 g/mol. The van der Waals surface area contributed by atoms with E-state index in [1.54, 1.807) is 19.1 Å². The third-order valence-corrected chi connectivity index (χ3v) is 6.75. The highest BCUT2D eigenvalue weighted by atomic mass is 35.5. The Kier molecular flexibility index (Phi) is 7.85. The van der Waals surface area contributed by atoms with E-state index in [2.05, 4.69) is 0 Å². The summed E-state index contributed by atoms with van der Waals surface area (Å²) in [6, 6.07) is 14.8. The van der Waals surface area contributed by atoms with Crippen molar-refractivity contribution in [1.82, 2.24) is 9.91 Å². The Labute approximate surface area is 205 Å². The summed E-state index contributed by atoms with van der Waals surface area (Å²) in [5, 5.41) is 6.88. The number of carbonyl (C=O) groups excluding carboxylic acids is 2. The van der Waals surface area contributed by atoms with Crippen LogP contribution in [0.2, 0.25) is 5.02 Å². The van der Waals surface area contributed by atoms with Gasteiger partial charge in [0.25, 0.3) is 5.91 Å². The fourth-order valence-electron chi connectivity index (χ4n) is 4.26. The summed E-state index contributed by atoms with van der Waals surface area (Å²) in [6.07, 6.45) is 3.39. The van der Waals surface area contributed by atoms with Gasteiger partial charge in [-0.2, -0.15) is 5.10 Å².